The minimum Gasteiger partial charge on any atom is -0.321 e. The van der Waals surface area contributed by atoms with Gasteiger partial charge in [0.1, 0.15) is 5.52 Å². The summed E-state index contributed by atoms with van der Waals surface area (Å²) in [6.45, 7) is 5.38. The zero-order valence-electron chi connectivity index (χ0n) is 11.4. The highest BCUT2D eigenvalue weighted by Gasteiger charge is 2.07. The van der Waals surface area contributed by atoms with Gasteiger partial charge in [0.05, 0.1) is 23.8 Å². The van der Waals surface area contributed by atoms with Crippen molar-refractivity contribution in [2.24, 2.45) is 0 Å². The normalized spacial score (nSPS) is 10.5. The average molecular weight is 279 g/mol. The van der Waals surface area contributed by atoms with Gasteiger partial charge in [0.15, 0.2) is 0 Å². The molecule has 2 N–H and O–H groups in total. The van der Waals surface area contributed by atoms with Crippen molar-refractivity contribution in [3.63, 3.8) is 0 Å². The molecule has 0 saturated heterocycles. The number of nitrogens with one attached hydrogen (secondary N) is 2. The number of carbonyl (C=O) groups is 1. The van der Waals surface area contributed by atoms with Crippen LogP contribution in [0.1, 0.15) is 5.69 Å². The number of nitrogens with zero attached hydrogens (tertiary/aromatic N) is 3. The van der Waals surface area contributed by atoms with Crippen molar-refractivity contribution in [1.82, 2.24) is 20.2 Å². The third-order valence-electron chi connectivity index (χ3n) is 3.12. The molecule has 0 aliphatic rings. The Morgan fingerprint density at radius 2 is 2.19 bits per heavy atom. The second-order valence-corrected chi connectivity index (χ2v) is 4.59. The van der Waals surface area contributed by atoms with E-state index < -0.39 is 0 Å². The van der Waals surface area contributed by atoms with Gasteiger partial charge in [0, 0.05) is 22.8 Å². The fraction of sp³-hybridized carbons (Fsp3) is 0.0667. The predicted molar refractivity (Wildman–Crippen MR) is 80.7 cm³/mol. The molecular weight excluding hydrogens is 266 g/mol. The van der Waals surface area contributed by atoms with Gasteiger partial charge >= 0.3 is 0 Å². The molecule has 0 radical (unpaired) electrons. The second kappa shape index (κ2) is 5.16. The lowest BCUT2D eigenvalue weighted by Gasteiger charge is -2.05. The van der Waals surface area contributed by atoms with E-state index in [1.54, 1.807) is 18.6 Å². The fourth-order valence-electron chi connectivity index (χ4n) is 2.04. The lowest BCUT2D eigenvalue weighted by Crippen LogP contribution is -2.07. The van der Waals surface area contributed by atoms with Crippen LogP contribution >= 0.6 is 0 Å². The molecule has 0 aromatic carbocycles. The molecule has 3 aromatic rings. The minimum atomic E-state index is -0.275. The maximum atomic E-state index is 11.3. The number of amides is 1. The van der Waals surface area contributed by atoms with Gasteiger partial charge in [-0.15, -0.1) is 0 Å². The molecule has 6 heteroatoms. The van der Waals surface area contributed by atoms with Crippen LogP contribution in [0.4, 0.5) is 5.69 Å². The van der Waals surface area contributed by atoms with Crippen LogP contribution in [0.25, 0.3) is 22.2 Å². The standard InChI is InChI=1S/C15H13N5O/c1-3-15(21)18-11-4-10(6-16-7-11)13-5-12-9(2)19-20-14(12)8-17-13/h3-8H,1H2,2H3,(H,18,21)(H,19,20). The second-order valence-electron chi connectivity index (χ2n) is 4.59. The van der Waals surface area contributed by atoms with Crippen LogP contribution < -0.4 is 5.32 Å². The first-order chi connectivity index (χ1) is 10.2. The highest BCUT2D eigenvalue weighted by molar-refractivity contribution is 5.99. The van der Waals surface area contributed by atoms with Crippen molar-refractivity contribution < 1.29 is 4.79 Å². The van der Waals surface area contributed by atoms with Gasteiger partial charge in [-0.05, 0) is 25.1 Å². The summed E-state index contributed by atoms with van der Waals surface area (Å²) in [6, 6.07) is 3.77. The smallest absolute Gasteiger partial charge is 0.247 e. The number of aromatic amines is 1. The maximum Gasteiger partial charge on any atom is 0.247 e. The Morgan fingerprint density at radius 3 is 3.00 bits per heavy atom. The number of pyridine rings is 2. The highest BCUT2D eigenvalue weighted by atomic mass is 16.1. The topological polar surface area (TPSA) is 83.6 Å². The van der Waals surface area contributed by atoms with Gasteiger partial charge < -0.3 is 5.32 Å². The van der Waals surface area contributed by atoms with Gasteiger partial charge in [-0.3, -0.25) is 19.9 Å². The minimum absolute atomic E-state index is 0.275. The molecule has 104 valence electrons. The number of rotatable bonds is 3. The fourth-order valence-corrected chi connectivity index (χ4v) is 2.04. The predicted octanol–water partition coefficient (Wildman–Crippen LogP) is 2.45. The van der Waals surface area contributed by atoms with Gasteiger partial charge in [0.25, 0.3) is 0 Å². The monoisotopic (exact) mass is 279 g/mol. The summed E-state index contributed by atoms with van der Waals surface area (Å²) in [5.41, 5.74) is 4.00. The first-order valence-corrected chi connectivity index (χ1v) is 6.37. The Hall–Kier alpha value is -3.02. The van der Waals surface area contributed by atoms with Crippen LogP contribution in [0, 0.1) is 6.92 Å². The molecule has 0 atom stereocenters. The number of hydrogen-bond donors (Lipinski definition) is 2. The van der Waals surface area contributed by atoms with Crippen molar-refractivity contribution in [3.8, 4) is 11.3 Å². The molecule has 3 rings (SSSR count). The Morgan fingerprint density at radius 1 is 1.33 bits per heavy atom. The first-order valence-electron chi connectivity index (χ1n) is 6.37. The first kappa shape index (κ1) is 13.0. The SMILES string of the molecule is C=CC(=O)Nc1cncc(-c2cc3c(C)[nH]nc3cn2)c1. The van der Waals surface area contributed by atoms with E-state index in [0.717, 1.165) is 27.9 Å². The Bertz CT molecular complexity index is 837. The van der Waals surface area contributed by atoms with Gasteiger partial charge in [-0.2, -0.15) is 5.10 Å². The summed E-state index contributed by atoms with van der Waals surface area (Å²) >= 11 is 0. The third-order valence-corrected chi connectivity index (χ3v) is 3.12. The molecule has 6 nitrogen and oxygen atoms in total. The van der Waals surface area contributed by atoms with Crippen LogP contribution in [-0.2, 0) is 4.79 Å². The van der Waals surface area contributed by atoms with Crippen molar-refractivity contribution in [3.05, 3.63) is 49.1 Å². The molecule has 3 heterocycles. The molecule has 0 aliphatic carbocycles. The van der Waals surface area contributed by atoms with E-state index in [2.05, 4.69) is 32.1 Å². The van der Waals surface area contributed by atoms with Crippen LogP contribution in [-0.4, -0.2) is 26.1 Å². The van der Waals surface area contributed by atoms with E-state index in [1.807, 2.05) is 19.1 Å². The number of carbonyl (C=O) groups excluding carboxylic acids is 1. The number of aromatic nitrogens is 4. The molecule has 0 spiro atoms. The summed E-state index contributed by atoms with van der Waals surface area (Å²) in [6.07, 6.45) is 6.20. The molecule has 0 bridgehead atoms. The van der Waals surface area contributed by atoms with Crippen molar-refractivity contribution >= 4 is 22.5 Å². The molecule has 0 unspecified atom stereocenters. The quantitative estimate of drug-likeness (QED) is 0.721. The summed E-state index contributed by atoms with van der Waals surface area (Å²) < 4.78 is 0. The average Bonchev–Trinajstić information content (AvgIpc) is 2.88. The van der Waals surface area contributed by atoms with Crippen LogP contribution in [0.3, 0.4) is 0 Å². The summed E-state index contributed by atoms with van der Waals surface area (Å²) in [4.78, 5) is 19.8. The van der Waals surface area contributed by atoms with Crippen LogP contribution in [0.2, 0.25) is 0 Å². The van der Waals surface area contributed by atoms with E-state index in [9.17, 15) is 4.79 Å². The van der Waals surface area contributed by atoms with Gasteiger partial charge in [-0.25, -0.2) is 0 Å². The van der Waals surface area contributed by atoms with E-state index in [-0.39, 0.29) is 5.91 Å². The molecule has 0 saturated carbocycles. The number of hydrogen-bond acceptors (Lipinski definition) is 4. The van der Waals surface area contributed by atoms with E-state index in [4.69, 9.17) is 0 Å². The van der Waals surface area contributed by atoms with Crippen LogP contribution in [0.15, 0.2) is 43.4 Å². The van der Waals surface area contributed by atoms with Crippen molar-refractivity contribution in [2.75, 3.05) is 5.32 Å². The number of fused-ring (bicyclic) bond motifs is 1. The van der Waals surface area contributed by atoms with E-state index in [0.29, 0.717) is 5.69 Å². The molecule has 1 amide bonds. The van der Waals surface area contributed by atoms with Crippen LogP contribution in [0.5, 0.6) is 0 Å². The van der Waals surface area contributed by atoms with Gasteiger partial charge in [-0.1, -0.05) is 6.58 Å². The zero-order valence-corrected chi connectivity index (χ0v) is 11.4. The molecular formula is C15H13N5O. The van der Waals surface area contributed by atoms with E-state index in [1.165, 1.54) is 6.08 Å². The van der Waals surface area contributed by atoms with Gasteiger partial charge in [0.2, 0.25) is 5.91 Å². The molecule has 0 aliphatic heterocycles. The maximum absolute atomic E-state index is 11.3. The Labute approximate surface area is 120 Å². The summed E-state index contributed by atoms with van der Waals surface area (Å²) in [7, 11) is 0. The molecule has 21 heavy (non-hydrogen) atoms. The molecule has 3 aromatic heterocycles. The summed E-state index contributed by atoms with van der Waals surface area (Å²) in [5.74, 6) is -0.275. The Kier molecular flexibility index (Phi) is 3.19. The molecule has 0 fully saturated rings. The number of anilines is 1. The summed E-state index contributed by atoms with van der Waals surface area (Å²) in [5, 5.41) is 10.8. The Balaban J connectivity index is 2.01. The lowest BCUT2D eigenvalue weighted by molar-refractivity contribution is -0.111. The lowest BCUT2D eigenvalue weighted by atomic mass is 10.1. The van der Waals surface area contributed by atoms with Crippen molar-refractivity contribution in [2.45, 2.75) is 6.92 Å². The number of H-pyrrole nitrogens is 1. The third kappa shape index (κ3) is 2.51. The van der Waals surface area contributed by atoms with Crippen molar-refractivity contribution in [1.29, 1.82) is 0 Å². The largest absolute Gasteiger partial charge is 0.321 e. The van der Waals surface area contributed by atoms with E-state index >= 15 is 0 Å². The zero-order chi connectivity index (χ0) is 14.8. The highest BCUT2D eigenvalue weighted by Crippen LogP contribution is 2.23. The number of aryl methyl sites for hydroxylation is 1.